The molecule has 0 radical (unpaired) electrons. The third kappa shape index (κ3) is 2.35. The van der Waals surface area contributed by atoms with E-state index in [0.717, 1.165) is 18.4 Å². The summed E-state index contributed by atoms with van der Waals surface area (Å²) in [6.07, 6.45) is 1.84. The molecule has 0 amide bonds. The standard InChI is InChI=1S/C11H16O2S/c1-3-8(4-2)10(11(12)13)9-5-6-14-7-9/h5-8,10H,3-4H2,1-2H3,(H,12,13). The predicted molar refractivity (Wildman–Crippen MR) is 58.8 cm³/mol. The molecule has 0 saturated heterocycles. The van der Waals surface area contributed by atoms with Crippen LogP contribution >= 0.6 is 11.3 Å². The maximum atomic E-state index is 11.2. The zero-order chi connectivity index (χ0) is 10.6. The minimum Gasteiger partial charge on any atom is -0.481 e. The highest BCUT2D eigenvalue weighted by Crippen LogP contribution is 2.31. The summed E-state index contributed by atoms with van der Waals surface area (Å²) in [5, 5.41) is 13.1. The fourth-order valence-corrected chi connectivity index (χ4v) is 2.52. The molecule has 0 saturated carbocycles. The Morgan fingerprint density at radius 2 is 2.14 bits per heavy atom. The molecule has 14 heavy (non-hydrogen) atoms. The number of rotatable bonds is 5. The van der Waals surface area contributed by atoms with Crippen LogP contribution in [0.1, 0.15) is 38.2 Å². The minimum absolute atomic E-state index is 0.252. The number of hydrogen-bond donors (Lipinski definition) is 1. The smallest absolute Gasteiger partial charge is 0.311 e. The zero-order valence-electron chi connectivity index (χ0n) is 8.56. The molecule has 0 aliphatic rings. The first-order valence-electron chi connectivity index (χ1n) is 4.95. The van der Waals surface area contributed by atoms with Crippen LogP contribution in [0.25, 0.3) is 0 Å². The van der Waals surface area contributed by atoms with Gasteiger partial charge in [0.25, 0.3) is 0 Å². The van der Waals surface area contributed by atoms with Crippen molar-refractivity contribution in [3.05, 3.63) is 22.4 Å². The van der Waals surface area contributed by atoms with Crippen molar-refractivity contribution in [1.82, 2.24) is 0 Å². The molecular formula is C11H16O2S. The number of carboxylic acid groups (broad SMARTS) is 1. The van der Waals surface area contributed by atoms with Crippen LogP contribution in [0, 0.1) is 5.92 Å². The van der Waals surface area contributed by atoms with E-state index in [1.54, 1.807) is 11.3 Å². The van der Waals surface area contributed by atoms with Gasteiger partial charge in [-0.25, -0.2) is 0 Å². The van der Waals surface area contributed by atoms with Crippen molar-refractivity contribution in [2.75, 3.05) is 0 Å². The van der Waals surface area contributed by atoms with Gasteiger partial charge in [-0.15, -0.1) is 0 Å². The molecule has 1 aromatic rings. The quantitative estimate of drug-likeness (QED) is 0.812. The molecule has 1 unspecified atom stereocenters. The van der Waals surface area contributed by atoms with Crippen molar-refractivity contribution in [3.8, 4) is 0 Å². The number of aliphatic carboxylic acids is 1. The van der Waals surface area contributed by atoms with E-state index in [4.69, 9.17) is 0 Å². The number of thiophene rings is 1. The lowest BCUT2D eigenvalue weighted by molar-refractivity contribution is -0.140. The number of carboxylic acids is 1. The van der Waals surface area contributed by atoms with E-state index in [0.29, 0.717) is 0 Å². The molecule has 2 nitrogen and oxygen atoms in total. The zero-order valence-corrected chi connectivity index (χ0v) is 9.38. The van der Waals surface area contributed by atoms with Gasteiger partial charge >= 0.3 is 5.97 Å². The predicted octanol–water partition coefficient (Wildman–Crippen LogP) is 3.35. The molecule has 0 aliphatic carbocycles. The van der Waals surface area contributed by atoms with Gasteiger partial charge in [0.2, 0.25) is 0 Å². The van der Waals surface area contributed by atoms with Gasteiger partial charge in [-0.3, -0.25) is 4.79 Å². The lowest BCUT2D eigenvalue weighted by Crippen LogP contribution is -2.20. The average Bonchev–Trinajstić information content (AvgIpc) is 2.65. The monoisotopic (exact) mass is 212 g/mol. The first-order chi connectivity index (χ1) is 6.70. The molecule has 1 aromatic heterocycles. The van der Waals surface area contributed by atoms with Gasteiger partial charge in [0.05, 0.1) is 5.92 Å². The Morgan fingerprint density at radius 3 is 2.50 bits per heavy atom. The van der Waals surface area contributed by atoms with Crippen molar-refractivity contribution >= 4 is 17.3 Å². The SMILES string of the molecule is CCC(CC)C(C(=O)O)c1ccsc1. The summed E-state index contributed by atoms with van der Waals surface area (Å²) in [7, 11) is 0. The molecular weight excluding hydrogens is 196 g/mol. The molecule has 1 heterocycles. The second kappa shape index (κ2) is 5.15. The summed E-state index contributed by atoms with van der Waals surface area (Å²) < 4.78 is 0. The van der Waals surface area contributed by atoms with Gasteiger partial charge in [0.15, 0.2) is 0 Å². The topological polar surface area (TPSA) is 37.3 Å². The van der Waals surface area contributed by atoms with E-state index in [1.807, 2.05) is 16.8 Å². The fraction of sp³-hybridized carbons (Fsp3) is 0.545. The van der Waals surface area contributed by atoms with Crippen LogP contribution in [0.5, 0.6) is 0 Å². The van der Waals surface area contributed by atoms with E-state index in [-0.39, 0.29) is 11.8 Å². The third-order valence-corrected chi connectivity index (χ3v) is 3.39. The van der Waals surface area contributed by atoms with Crippen molar-refractivity contribution in [1.29, 1.82) is 0 Å². The summed E-state index contributed by atoms with van der Waals surface area (Å²) in [6.45, 7) is 4.10. The second-order valence-corrected chi connectivity index (χ2v) is 4.23. The molecule has 3 heteroatoms. The van der Waals surface area contributed by atoms with E-state index in [1.165, 1.54) is 0 Å². The Labute approximate surface area is 88.6 Å². The summed E-state index contributed by atoms with van der Waals surface area (Å²) in [6, 6.07) is 1.92. The summed E-state index contributed by atoms with van der Waals surface area (Å²) in [5.41, 5.74) is 0.955. The van der Waals surface area contributed by atoms with Crippen LogP contribution in [-0.2, 0) is 4.79 Å². The number of hydrogen-bond acceptors (Lipinski definition) is 2. The van der Waals surface area contributed by atoms with Gasteiger partial charge < -0.3 is 5.11 Å². The largest absolute Gasteiger partial charge is 0.481 e. The van der Waals surface area contributed by atoms with Crippen LogP contribution in [-0.4, -0.2) is 11.1 Å². The van der Waals surface area contributed by atoms with E-state index < -0.39 is 5.97 Å². The summed E-state index contributed by atoms with van der Waals surface area (Å²) >= 11 is 1.56. The van der Waals surface area contributed by atoms with E-state index >= 15 is 0 Å². The molecule has 0 fully saturated rings. The lowest BCUT2D eigenvalue weighted by atomic mass is 9.84. The third-order valence-electron chi connectivity index (χ3n) is 2.69. The van der Waals surface area contributed by atoms with E-state index in [9.17, 15) is 9.90 Å². The van der Waals surface area contributed by atoms with Crippen LogP contribution in [0.4, 0.5) is 0 Å². The van der Waals surface area contributed by atoms with Crippen molar-refractivity contribution < 1.29 is 9.90 Å². The Balaban J connectivity index is 2.89. The van der Waals surface area contributed by atoms with Crippen LogP contribution < -0.4 is 0 Å². The summed E-state index contributed by atoms with van der Waals surface area (Å²) in [4.78, 5) is 11.2. The van der Waals surface area contributed by atoms with E-state index in [2.05, 4.69) is 13.8 Å². The van der Waals surface area contributed by atoms with Crippen LogP contribution in [0.2, 0.25) is 0 Å². The molecule has 0 aromatic carbocycles. The Hall–Kier alpha value is -0.830. The van der Waals surface area contributed by atoms with Crippen molar-refractivity contribution in [3.63, 3.8) is 0 Å². The maximum absolute atomic E-state index is 11.2. The highest BCUT2D eigenvalue weighted by Gasteiger charge is 2.27. The van der Waals surface area contributed by atoms with Gasteiger partial charge in [-0.05, 0) is 28.3 Å². The molecule has 1 atom stereocenters. The van der Waals surface area contributed by atoms with Crippen molar-refractivity contribution in [2.24, 2.45) is 5.92 Å². The molecule has 0 bridgehead atoms. The lowest BCUT2D eigenvalue weighted by Gasteiger charge is -2.20. The first-order valence-corrected chi connectivity index (χ1v) is 5.89. The first kappa shape index (κ1) is 11.2. The van der Waals surface area contributed by atoms with Gasteiger partial charge in [0.1, 0.15) is 0 Å². The average molecular weight is 212 g/mol. The second-order valence-electron chi connectivity index (χ2n) is 3.45. The van der Waals surface area contributed by atoms with Crippen LogP contribution in [0.3, 0.4) is 0 Å². The normalized spacial score (nSPS) is 13.1. The van der Waals surface area contributed by atoms with Crippen LogP contribution in [0.15, 0.2) is 16.8 Å². The molecule has 0 spiro atoms. The Bertz CT molecular complexity index is 275. The molecule has 1 rings (SSSR count). The Kier molecular flexibility index (Phi) is 4.14. The maximum Gasteiger partial charge on any atom is 0.311 e. The molecule has 0 aliphatic heterocycles. The van der Waals surface area contributed by atoms with Gasteiger partial charge in [-0.1, -0.05) is 26.7 Å². The highest BCUT2D eigenvalue weighted by atomic mass is 32.1. The fourth-order valence-electron chi connectivity index (χ4n) is 1.83. The number of carbonyl (C=O) groups is 1. The van der Waals surface area contributed by atoms with Gasteiger partial charge in [-0.2, -0.15) is 11.3 Å². The minimum atomic E-state index is -0.697. The van der Waals surface area contributed by atoms with Crippen molar-refractivity contribution in [2.45, 2.75) is 32.6 Å². The van der Waals surface area contributed by atoms with Gasteiger partial charge in [0, 0.05) is 0 Å². The Morgan fingerprint density at radius 1 is 1.50 bits per heavy atom. The molecule has 78 valence electrons. The molecule has 1 N–H and O–H groups in total. The highest BCUT2D eigenvalue weighted by molar-refractivity contribution is 7.08. The summed E-state index contributed by atoms with van der Waals surface area (Å²) in [5.74, 6) is -0.768.